The van der Waals surface area contributed by atoms with Crippen LogP contribution in [0.3, 0.4) is 0 Å². The van der Waals surface area contributed by atoms with Gasteiger partial charge in [-0.15, -0.1) is 0 Å². The lowest BCUT2D eigenvalue weighted by Gasteiger charge is -2.31. The van der Waals surface area contributed by atoms with Crippen LogP contribution in [0.25, 0.3) is 0 Å². The predicted molar refractivity (Wildman–Crippen MR) is 170 cm³/mol. The first-order chi connectivity index (χ1) is 21.7. The highest BCUT2D eigenvalue weighted by atomic mass is 16.5. The minimum absolute atomic E-state index is 0.0669. The van der Waals surface area contributed by atoms with Gasteiger partial charge in [0.2, 0.25) is 0 Å². The van der Waals surface area contributed by atoms with E-state index in [2.05, 4.69) is 4.99 Å². The first kappa shape index (κ1) is 30.5. The van der Waals surface area contributed by atoms with E-state index in [-0.39, 0.29) is 23.9 Å². The zero-order valence-electron chi connectivity index (χ0n) is 26.4. The maximum atomic E-state index is 13.4. The normalized spacial score (nSPS) is 21.7. The van der Waals surface area contributed by atoms with E-state index >= 15 is 0 Å². The number of likely N-dealkylation sites (N-methyl/N-ethyl adjacent to an activating group) is 1. The van der Waals surface area contributed by atoms with Crippen LogP contribution >= 0.6 is 0 Å². The minimum atomic E-state index is -0.852. The Labute approximate surface area is 263 Å². The number of aliphatic hydroxyl groups is 1. The van der Waals surface area contributed by atoms with Crippen LogP contribution in [0.1, 0.15) is 66.7 Å². The maximum Gasteiger partial charge on any atom is 0.260 e. The molecular formula is C34H40N4O7. The van der Waals surface area contributed by atoms with Crippen molar-refractivity contribution in [3.05, 3.63) is 58.9 Å². The molecule has 6 rings (SSSR count). The monoisotopic (exact) mass is 616 g/mol. The number of carbonyl (C=O) groups is 2. The van der Waals surface area contributed by atoms with Gasteiger partial charge in [0.1, 0.15) is 6.23 Å². The molecule has 4 aliphatic heterocycles. The molecule has 0 bridgehead atoms. The second-order valence-electron chi connectivity index (χ2n) is 12.0. The van der Waals surface area contributed by atoms with Gasteiger partial charge in [0.15, 0.2) is 23.0 Å². The highest BCUT2D eigenvalue weighted by molar-refractivity contribution is 6.04. The average molecular weight is 617 g/mol. The van der Waals surface area contributed by atoms with Crippen LogP contribution in [0.5, 0.6) is 23.0 Å². The number of anilines is 1. The lowest BCUT2D eigenvalue weighted by atomic mass is 10.1. The molecule has 0 radical (unpaired) electrons. The molecule has 0 aliphatic carbocycles. The largest absolute Gasteiger partial charge is 0.493 e. The zero-order valence-corrected chi connectivity index (χ0v) is 26.4. The van der Waals surface area contributed by atoms with Crippen molar-refractivity contribution in [1.29, 1.82) is 0 Å². The third-order valence-electron chi connectivity index (χ3n) is 8.80. The molecule has 11 heteroatoms. The zero-order chi connectivity index (χ0) is 31.8. The molecule has 0 aromatic heterocycles. The Morgan fingerprint density at radius 3 is 2.09 bits per heavy atom. The second-order valence-corrected chi connectivity index (χ2v) is 12.0. The van der Waals surface area contributed by atoms with Gasteiger partial charge in [-0.05, 0) is 58.1 Å². The number of fused-ring (bicyclic) bond motifs is 4. The number of hydrogen-bond donors (Lipinski definition) is 1. The molecule has 0 fully saturated rings. The van der Waals surface area contributed by atoms with E-state index in [1.54, 1.807) is 60.2 Å². The molecule has 2 amide bonds. The number of amides is 2. The topological polar surface area (TPSA) is 113 Å². The van der Waals surface area contributed by atoms with Crippen molar-refractivity contribution in [2.24, 2.45) is 4.99 Å². The molecule has 45 heavy (non-hydrogen) atoms. The molecule has 0 saturated heterocycles. The summed E-state index contributed by atoms with van der Waals surface area (Å²) in [6.07, 6.45) is 8.48. The number of ether oxygens (including phenoxy) is 4. The van der Waals surface area contributed by atoms with Crippen molar-refractivity contribution < 1.29 is 33.6 Å². The van der Waals surface area contributed by atoms with Crippen molar-refractivity contribution in [3.63, 3.8) is 0 Å². The smallest absolute Gasteiger partial charge is 0.260 e. The van der Waals surface area contributed by atoms with Crippen molar-refractivity contribution >= 4 is 29.4 Å². The van der Waals surface area contributed by atoms with Gasteiger partial charge in [0.05, 0.1) is 62.0 Å². The molecule has 238 valence electrons. The fourth-order valence-electron chi connectivity index (χ4n) is 6.39. The summed E-state index contributed by atoms with van der Waals surface area (Å²) in [6.45, 7) is 4.88. The van der Waals surface area contributed by atoms with Crippen molar-refractivity contribution in [3.8, 4) is 23.0 Å². The molecule has 0 unspecified atom stereocenters. The third kappa shape index (κ3) is 5.72. The van der Waals surface area contributed by atoms with E-state index in [0.717, 1.165) is 36.8 Å². The molecule has 4 aliphatic rings. The van der Waals surface area contributed by atoms with Crippen LogP contribution in [-0.4, -0.2) is 85.7 Å². The quantitative estimate of drug-likeness (QED) is 0.369. The lowest BCUT2D eigenvalue weighted by Crippen LogP contribution is -2.46. The van der Waals surface area contributed by atoms with Crippen LogP contribution in [0, 0.1) is 0 Å². The number of aliphatic hydroxyl groups excluding tert-OH is 1. The Hall–Kier alpha value is -4.51. The average Bonchev–Trinajstić information content (AvgIpc) is 3.58. The van der Waals surface area contributed by atoms with Crippen LogP contribution in [0.4, 0.5) is 11.4 Å². The summed E-state index contributed by atoms with van der Waals surface area (Å²) in [4.78, 5) is 36.3. The van der Waals surface area contributed by atoms with Gasteiger partial charge in [-0.2, -0.15) is 0 Å². The Morgan fingerprint density at radius 2 is 1.40 bits per heavy atom. The second kappa shape index (κ2) is 12.5. The summed E-state index contributed by atoms with van der Waals surface area (Å²) in [5.41, 5.74) is 4.33. The summed E-state index contributed by atoms with van der Waals surface area (Å²) in [6, 6.07) is 6.55. The Kier molecular flexibility index (Phi) is 8.46. The van der Waals surface area contributed by atoms with Crippen LogP contribution in [0.2, 0.25) is 0 Å². The van der Waals surface area contributed by atoms with Gasteiger partial charge in [0.25, 0.3) is 11.8 Å². The van der Waals surface area contributed by atoms with Gasteiger partial charge in [-0.3, -0.25) is 14.6 Å². The fraction of sp³-hybridized carbons (Fsp3) is 0.441. The van der Waals surface area contributed by atoms with Gasteiger partial charge in [0, 0.05) is 37.8 Å². The van der Waals surface area contributed by atoms with Crippen LogP contribution in [0.15, 0.2) is 52.8 Å². The highest BCUT2D eigenvalue weighted by Gasteiger charge is 2.41. The first-order valence-corrected chi connectivity index (χ1v) is 15.3. The van der Waals surface area contributed by atoms with Crippen LogP contribution in [-0.2, 0) is 0 Å². The number of carbonyl (C=O) groups excluding carboxylic acids is 2. The SMILES string of the molecule is COc1cc2c(cc1OCCCCCOc1cc3c(cc1OC)C(=O)N1C=C(C)C[C@H]1[C@H](O)N3C)N=C[C@@H]1CC(C)=CN1C2=O. The van der Waals surface area contributed by atoms with Crippen molar-refractivity contribution in [2.45, 2.75) is 64.3 Å². The van der Waals surface area contributed by atoms with E-state index in [0.29, 0.717) is 65.1 Å². The number of rotatable bonds is 10. The molecule has 0 saturated carbocycles. The van der Waals surface area contributed by atoms with Crippen molar-refractivity contribution in [2.75, 3.05) is 39.4 Å². The number of benzene rings is 2. The molecule has 2 aromatic rings. The standard InChI is InChI=1S/C34H40N4O7/c1-20-11-22-17-35-25-15-30(28(42-4)13-23(25)32(39)37(22)18-20)44-9-7-6-8-10-45-31-16-26-24(14-29(31)43-5)33(40)38-19-21(2)12-27(38)34(41)36(26)3/h13-19,22,27,34,41H,6-12H2,1-5H3/t22-,27-,34-/m0/s1. The number of nitrogens with zero attached hydrogens (tertiary/aromatic N) is 4. The molecular weight excluding hydrogens is 576 g/mol. The maximum absolute atomic E-state index is 13.4. The summed E-state index contributed by atoms with van der Waals surface area (Å²) >= 11 is 0. The number of aliphatic imine (C=N–C) groups is 1. The predicted octanol–water partition coefficient (Wildman–Crippen LogP) is 5.05. The number of methoxy groups -OCH3 is 2. The first-order valence-electron chi connectivity index (χ1n) is 15.3. The Morgan fingerprint density at radius 1 is 0.800 bits per heavy atom. The molecule has 3 atom stereocenters. The molecule has 0 spiro atoms. The molecule has 2 aromatic carbocycles. The van der Waals surface area contributed by atoms with Gasteiger partial charge in [-0.1, -0.05) is 11.1 Å². The number of hydrogen-bond acceptors (Lipinski definition) is 9. The third-order valence-corrected chi connectivity index (χ3v) is 8.80. The minimum Gasteiger partial charge on any atom is -0.493 e. The van der Waals surface area contributed by atoms with E-state index in [1.165, 1.54) is 0 Å². The molecule has 11 nitrogen and oxygen atoms in total. The van der Waals surface area contributed by atoms with Gasteiger partial charge >= 0.3 is 0 Å². The van der Waals surface area contributed by atoms with E-state index in [4.69, 9.17) is 18.9 Å². The molecule has 4 heterocycles. The van der Waals surface area contributed by atoms with E-state index < -0.39 is 6.23 Å². The van der Waals surface area contributed by atoms with E-state index in [9.17, 15) is 14.7 Å². The summed E-state index contributed by atoms with van der Waals surface area (Å²) in [5.74, 6) is 1.76. The lowest BCUT2D eigenvalue weighted by molar-refractivity contribution is 0.0590. The summed E-state index contributed by atoms with van der Waals surface area (Å²) in [7, 11) is 4.90. The van der Waals surface area contributed by atoms with E-state index in [1.807, 2.05) is 32.5 Å². The summed E-state index contributed by atoms with van der Waals surface area (Å²) < 4.78 is 23.3. The van der Waals surface area contributed by atoms with Gasteiger partial charge < -0.3 is 38.8 Å². The number of unbranched alkanes of at least 4 members (excludes halogenated alkanes) is 2. The van der Waals surface area contributed by atoms with Crippen molar-refractivity contribution in [1.82, 2.24) is 9.80 Å². The van der Waals surface area contributed by atoms with Gasteiger partial charge in [-0.25, -0.2) is 0 Å². The van der Waals surface area contributed by atoms with Crippen LogP contribution < -0.4 is 23.8 Å². The Balaban J connectivity index is 1.04. The highest BCUT2D eigenvalue weighted by Crippen LogP contribution is 2.41. The summed E-state index contributed by atoms with van der Waals surface area (Å²) in [5, 5.41) is 11.0. The Bertz CT molecular complexity index is 1600. The molecule has 1 N–H and O–H groups in total. The fourth-order valence-corrected chi connectivity index (χ4v) is 6.39.